The van der Waals surface area contributed by atoms with Crippen LogP contribution < -0.4 is 5.32 Å². The van der Waals surface area contributed by atoms with E-state index in [4.69, 9.17) is 0 Å². The Morgan fingerprint density at radius 1 is 1.15 bits per heavy atom. The van der Waals surface area contributed by atoms with E-state index in [-0.39, 0.29) is 5.91 Å². The van der Waals surface area contributed by atoms with Crippen molar-refractivity contribution in [1.82, 2.24) is 10.2 Å². The van der Waals surface area contributed by atoms with Crippen LogP contribution in [-0.2, 0) is 5.75 Å². The van der Waals surface area contributed by atoms with Crippen molar-refractivity contribution >= 4 is 17.7 Å². The molecule has 0 aromatic heterocycles. The van der Waals surface area contributed by atoms with E-state index in [1.807, 2.05) is 35.8 Å². The molecule has 0 saturated carbocycles. The van der Waals surface area contributed by atoms with Gasteiger partial charge in [0.2, 0.25) is 0 Å². The molecule has 1 aliphatic heterocycles. The largest absolute Gasteiger partial charge is 0.339 e. The summed E-state index contributed by atoms with van der Waals surface area (Å²) in [4.78, 5) is 16.1. The van der Waals surface area contributed by atoms with Crippen molar-refractivity contribution in [3.8, 4) is 0 Å². The first kappa shape index (κ1) is 19.0. The fraction of sp³-hybridized carbons (Fsp3) is 0.409. The number of carbonyl (C=O) groups is 1. The molecule has 1 saturated heterocycles. The van der Waals surface area contributed by atoms with Crippen molar-refractivity contribution in [1.29, 1.82) is 0 Å². The maximum absolute atomic E-state index is 12.8. The molecule has 4 heteroatoms. The van der Waals surface area contributed by atoms with E-state index in [2.05, 4.69) is 49.5 Å². The molecule has 26 heavy (non-hydrogen) atoms. The van der Waals surface area contributed by atoms with Gasteiger partial charge >= 0.3 is 0 Å². The van der Waals surface area contributed by atoms with Crippen molar-refractivity contribution in [2.24, 2.45) is 0 Å². The maximum Gasteiger partial charge on any atom is 0.253 e. The van der Waals surface area contributed by atoms with E-state index in [1.54, 1.807) is 0 Å². The Bertz CT molecular complexity index is 766. The fourth-order valence-corrected chi connectivity index (χ4v) is 4.44. The lowest BCUT2D eigenvalue weighted by molar-refractivity contribution is 0.0707. The Hall–Kier alpha value is -1.78. The Labute approximate surface area is 161 Å². The molecule has 1 heterocycles. The average Bonchev–Trinajstić information content (AvgIpc) is 2.68. The van der Waals surface area contributed by atoms with Gasteiger partial charge in [-0.2, -0.15) is 0 Å². The first-order chi connectivity index (χ1) is 12.6. The van der Waals surface area contributed by atoms with Crippen LogP contribution in [0, 0.1) is 13.8 Å². The number of piperidine rings is 1. The number of likely N-dealkylation sites (tertiary alicyclic amines) is 1. The highest BCUT2D eigenvalue weighted by molar-refractivity contribution is 7.98. The molecule has 0 atom stereocenters. The molecular formula is C22H28N2OS. The third kappa shape index (κ3) is 4.68. The number of rotatable bonds is 5. The molecule has 0 radical (unpaired) electrons. The maximum atomic E-state index is 12.8. The quantitative estimate of drug-likeness (QED) is 0.793. The van der Waals surface area contributed by atoms with Crippen molar-refractivity contribution in [2.75, 3.05) is 20.1 Å². The molecule has 1 fully saturated rings. The number of hydrogen-bond acceptors (Lipinski definition) is 3. The standard InChI is InChI=1S/C22H28N2OS/c1-16-7-8-17(2)21(13-16)26-15-18-5-4-6-19(14-18)22(25)24-11-9-20(23-3)10-12-24/h4-8,13-14,20,23H,9-12,15H2,1-3H3. The number of thioether (sulfide) groups is 1. The van der Waals surface area contributed by atoms with Gasteiger partial charge in [0.1, 0.15) is 0 Å². The smallest absolute Gasteiger partial charge is 0.253 e. The number of hydrogen-bond donors (Lipinski definition) is 1. The highest BCUT2D eigenvalue weighted by Gasteiger charge is 2.22. The van der Waals surface area contributed by atoms with E-state index in [0.717, 1.165) is 37.2 Å². The van der Waals surface area contributed by atoms with Gasteiger partial charge in [-0.05, 0) is 63.1 Å². The van der Waals surface area contributed by atoms with E-state index in [1.165, 1.54) is 21.6 Å². The fourth-order valence-electron chi connectivity index (χ4n) is 3.37. The van der Waals surface area contributed by atoms with Crippen LogP contribution in [-0.4, -0.2) is 37.0 Å². The summed E-state index contributed by atoms with van der Waals surface area (Å²) >= 11 is 1.84. The summed E-state index contributed by atoms with van der Waals surface area (Å²) in [5.41, 5.74) is 4.60. The lowest BCUT2D eigenvalue weighted by Crippen LogP contribution is -2.43. The van der Waals surface area contributed by atoms with Crippen molar-refractivity contribution in [3.63, 3.8) is 0 Å². The molecule has 2 aromatic carbocycles. The SMILES string of the molecule is CNC1CCN(C(=O)c2cccc(CSc3cc(C)ccc3C)c2)CC1. The van der Waals surface area contributed by atoms with Crippen molar-refractivity contribution < 1.29 is 4.79 Å². The monoisotopic (exact) mass is 368 g/mol. The zero-order valence-electron chi connectivity index (χ0n) is 15.9. The molecule has 0 aliphatic carbocycles. The molecular weight excluding hydrogens is 340 g/mol. The number of nitrogens with one attached hydrogen (secondary N) is 1. The Kier molecular flexibility index (Phi) is 6.38. The van der Waals surface area contributed by atoms with Crippen LogP contribution in [0.3, 0.4) is 0 Å². The van der Waals surface area contributed by atoms with Gasteiger partial charge in [-0.1, -0.05) is 29.8 Å². The lowest BCUT2D eigenvalue weighted by atomic mass is 10.0. The van der Waals surface area contributed by atoms with Crippen LogP contribution >= 0.6 is 11.8 Å². The normalized spacial score (nSPS) is 15.3. The molecule has 1 aliphatic rings. The molecule has 3 nitrogen and oxygen atoms in total. The molecule has 3 rings (SSSR count). The molecule has 1 N–H and O–H groups in total. The molecule has 0 unspecified atom stereocenters. The minimum atomic E-state index is 0.165. The Morgan fingerprint density at radius 3 is 2.65 bits per heavy atom. The average molecular weight is 369 g/mol. The second kappa shape index (κ2) is 8.74. The molecule has 0 bridgehead atoms. The predicted molar refractivity (Wildman–Crippen MR) is 110 cm³/mol. The van der Waals surface area contributed by atoms with Crippen LogP contribution in [0.25, 0.3) is 0 Å². The summed E-state index contributed by atoms with van der Waals surface area (Å²) in [6.07, 6.45) is 2.06. The summed E-state index contributed by atoms with van der Waals surface area (Å²) in [5, 5.41) is 3.31. The number of nitrogens with zero attached hydrogens (tertiary/aromatic N) is 1. The van der Waals surface area contributed by atoms with Crippen LogP contribution in [0.4, 0.5) is 0 Å². The highest BCUT2D eigenvalue weighted by Crippen LogP contribution is 2.27. The molecule has 2 aromatic rings. The summed E-state index contributed by atoms with van der Waals surface area (Å²) < 4.78 is 0. The Balaban J connectivity index is 1.64. The zero-order chi connectivity index (χ0) is 18.5. The van der Waals surface area contributed by atoms with Crippen LogP contribution in [0.1, 0.15) is 39.9 Å². The highest BCUT2D eigenvalue weighted by atomic mass is 32.2. The van der Waals surface area contributed by atoms with Gasteiger partial charge in [0, 0.05) is 35.3 Å². The van der Waals surface area contributed by atoms with Gasteiger partial charge in [0.15, 0.2) is 0 Å². The van der Waals surface area contributed by atoms with Crippen molar-refractivity contribution in [2.45, 2.75) is 43.4 Å². The van der Waals surface area contributed by atoms with Gasteiger partial charge in [-0.15, -0.1) is 11.8 Å². The first-order valence-electron chi connectivity index (χ1n) is 9.32. The van der Waals surface area contributed by atoms with E-state index in [0.29, 0.717) is 6.04 Å². The van der Waals surface area contributed by atoms with Crippen molar-refractivity contribution in [3.05, 3.63) is 64.7 Å². The zero-order valence-corrected chi connectivity index (χ0v) is 16.7. The lowest BCUT2D eigenvalue weighted by Gasteiger charge is -2.32. The third-order valence-corrected chi connectivity index (χ3v) is 6.33. The van der Waals surface area contributed by atoms with Gasteiger partial charge in [-0.25, -0.2) is 0 Å². The van der Waals surface area contributed by atoms with Crippen LogP contribution in [0.5, 0.6) is 0 Å². The number of aryl methyl sites for hydroxylation is 2. The minimum absolute atomic E-state index is 0.165. The van der Waals surface area contributed by atoms with E-state index >= 15 is 0 Å². The number of benzene rings is 2. The van der Waals surface area contributed by atoms with Crippen LogP contribution in [0.2, 0.25) is 0 Å². The van der Waals surface area contributed by atoms with Gasteiger partial charge in [-0.3, -0.25) is 4.79 Å². The summed E-state index contributed by atoms with van der Waals surface area (Å²) in [6, 6.07) is 15.2. The summed E-state index contributed by atoms with van der Waals surface area (Å²) in [7, 11) is 2.00. The third-order valence-electron chi connectivity index (χ3n) is 5.10. The minimum Gasteiger partial charge on any atom is -0.339 e. The summed E-state index contributed by atoms with van der Waals surface area (Å²) in [6.45, 7) is 5.95. The predicted octanol–water partition coefficient (Wildman–Crippen LogP) is 4.42. The molecule has 0 spiro atoms. The molecule has 1 amide bonds. The topological polar surface area (TPSA) is 32.3 Å². The van der Waals surface area contributed by atoms with Gasteiger partial charge in [0.05, 0.1) is 0 Å². The van der Waals surface area contributed by atoms with E-state index < -0.39 is 0 Å². The summed E-state index contributed by atoms with van der Waals surface area (Å²) in [5.74, 6) is 1.05. The first-order valence-corrected chi connectivity index (χ1v) is 10.3. The Morgan fingerprint density at radius 2 is 1.92 bits per heavy atom. The second-order valence-electron chi connectivity index (χ2n) is 7.11. The van der Waals surface area contributed by atoms with Gasteiger partial charge < -0.3 is 10.2 Å². The number of carbonyl (C=O) groups excluding carboxylic acids is 1. The van der Waals surface area contributed by atoms with Crippen LogP contribution in [0.15, 0.2) is 47.4 Å². The number of amides is 1. The second-order valence-corrected chi connectivity index (χ2v) is 8.13. The van der Waals surface area contributed by atoms with Gasteiger partial charge in [0.25, 0.3) is 5.91 Å². The van der Waals surface area contributed by atoms with E-state index in [9.17, 15) is 4.79 Å². The molecule has 138 valence electrons.